The summed E-state index contributed by atoms with van der Waals surface area (Å²) in [6.45, 7) is 6.50. The van der Waals surface area contributed by atoms with Crippen LogP contribution in [-0.4, -0.2) is 46.6 Å². The number of para-hydroxylation sites is 1. The second-order valence-electron chi connectivity index (χ2n) is 8.87. The summed E-state index contributed by atoms with van der Waals surface area (Å²) in [5.41, 5.74) is 2.55. The molecule has 6 heteroatoms. The highest BCUT2D eigenvalue weighted by Gasteiger charge is 2.20. The molecule has 3 heterocycles. The predicted molar refractivity (Wildman–Crippen MR) is 142 cm³/mol. The highest BCUT2D eigenvalue weighted by Crippen LogP contribution is 2.32. The average molecular weight is 475 g/mol. The van der Waals surface area contributed by atoms with E-state index in [1.807, 2.05) is 6.07 Å². The van der Waals surface area contributed by atoms with Crippen molar-refractivity contribution in [3.63, 3.8) is 0 Å². The largest absolute Gasteiger partial charge is 0.353 e. The molecule has 4 nitrogen and oxygen atoms in total. The Morgan fingerprint density at radius 1 is 0.758 bits per heavy atom. The smallest absolute Gasteiger partial charge is 0.150 e. The summed E-state index contributed by atoms with van der Waals surface area (Å²) in [4.78, 5) is 5.06. The van der Waals surface area contributed by atoms with Crippen LogP contribution in [0.4, 0.5) is 5.82 Å². The minimum atomic E-state index is 0.803. The maximum atomic E-state index is 6.33. The summed E-state index contributed by atoms with van der Waals surface area (Å²) in [7, 11) is 0. The van der Waals surface area contributed by atoms with Crippen LogP contribution in [0.5, 0.6) is 0 Å². The van der Waals surface area contributed by atoms with E-state index in [-0.39, 0.29) is 0 Å². The molecule has 1 saturated heterocycles. The summed E-state index contributed by atoms with van der Waals surface area (Å²) in [5.74, 6) is 1.17. The number of fused-ring (bicyclic) bond motifs is 4. The summed E-state index contributed by atoms with van der Waals surface area (Å²) in [5, 5.41) is 4.70. The van der Waals surface area contributed by atoms with Crippen LogP contribution in [0.2, 0.25) is 5.02 Å². The molecule has 0 bridgehead atoms. The third-order valence-electron chi connectivity index (χ3n) is 6.87. The Bertz CT molecular complexity index is 1410. The van der Waals surface area contributed by atoms with Gasteiger partial charge < -0.3 is 9.47 Å². The summed E-state index contributed by atoms with van der Waals surface area (Å²) >= 11 is 7.94. The number of aryl methyl sites for hydroxylation is 1. The molecule has 1 fully saturated rings. The second-order valence-corrected chi connectivity index (χ2v) is 10.1. The van der Waals surface area contributed by atoms with Gasteiger partial charge in [0.2, 0.25) is 0 Å². The minimum Gasteiger partial charge on any atom is -0.353 e. The molecule has 1 aliphatic heterocycles. The van der Waals surface area contributed by atoms with E-state index in [9.17, 15) is 0 Å². The monoisotopic (exact) mass is 474 g/mol. The van der Waals surface area contributed by atoms with Crippen molar-refractivity contribution in [3.05, 3.63) is 71.8 Å². The highest BCUT2D eigenvalue weighted by atomic mass is 35.5. The van der Waals surface area contributed by atoms with Gasteiger partial charge in [-0.05, 0) is 61.3 Å². The molecule has 1 aliphatic rings. The predicted octanol–water partition coefficient (Wildman–Crippen LogP) is 6.66. The number of benzene rings is 3. The second kappa shape index (κ2) is 8.98. The molecule has 0 unspecified atom stereocenters. The van der Waals surface area contributed by atoms with Crippen LogP contribution in [0, 0.1) is 0 Å². The molecular formula is C27H27ClN4S. The summed E-state index contributed by atoms with van der Waals surface area (Å²) in [6.07, 6.45) is 2.37. The van der Waals surface area contributed by atoms with Crippen LogP contribution in [0.1, 0.15) is 12.8 Å². The van der Waals surface area contributed by atoms with E-state index >= 15 is 0 Å². The molecule has 0 saturated carbocycles. The molecule has 33 heavy (non-hydrogen) atoms. The first kappa shape index (κ1) is 21.0. The van der Waals surface area contributed by atoms with E-state index in [0.717, 1.165) is 50.7 Å². The van der Waals surface area contributed by atoms with Crippen LogP contribution in [-0.2, 0) is 6.54 Å². The maximum absolute atomic E-state index is 6.33. The molecule has 0 radical (unpaired) electrons. The first-order valence-electron chi connectivity index (χ1n) is 11.8. The van der Waals surface area contributed by atoms with Gasteiger partial charge >= 0.3 is 0 Å². The molecule has 5 aromatic rings. The number of rotatable bonds is 6. The lowest BCUT2D eigenvalue weighted by Gasteiger charge is -2.35. The molecule has 3 aromatic carbocycles. The van der Waals surface area contributed by atoms with Crippen molar-refractivity contribution < 1.29 is 0 Å². The average Bonchev–Trinajstić information content (AvgIpc) is 3.41. The number of nitrogens with zero attached hydrogens (tertiary/aromatic N) is 4. The van der Waals surface area contributed by atoms with Crippen LogP contribution >= 0.6 is 23.1 Å². The van der Waals surface area contributed by atoms with Gasteiger partial charge in [0.25, 0.3) is 0 Å². The van der Waals surface area contributed by atoms with Gasteiger partial charge in [-0.1, -0.05) is 48.0 Å². The Balaban J connectivity index is 1.07. The Kier molecular flexibility index (Phi) is 5.70. The number of aromatic nitrogens is 2. The number of hydrogen-bond donors (Lipinski definition) is 0. The molecule has 0 aliphatic carbocycles. The SMILES string of the molecule is Clc1ccc2c3ccccc3n(CCCCN3CCN(c4nsc5ccccc45)CC3)c2c1. The van der Waals surface area contributed by atoms with Gasteiger partial charge in [0, 0.05) is 59.4 Å². The van der Waals surface area contributed by atoms with E-state index in [4.69, 9.17) is 16.0 Å². The first-order chi connectivity index (χ1) is 16.3. The van der Waals surface area contributed by atoms with Gasteiger partial charge in [-0.15, -0.1) is 0 Å². The molecular weight excluding hydrogens is 448 g/mol. The summed E-state index contributed by atoms with van der Waals surface area (Å²) < 4.78 is 8.47. The zero-order valence-corrected chi connectivity index (χ0v) is 20.2. The van der Waals surface area contributed by atoms with Gasteiger partial charge in [-0.2, -0.15) is 4.37 Å². The van der Waals surface area contributed by atoms with Crippen LogP contribution in [0.3, 0.4) is 0 Å². The fraction of sp³-hybridized carbons (Fsp3) is 0.296. The Morgan fingerprint density at radius 3 is 2.36 bits per heavy atom. The lowest BCUT2D eigenvalue weighted by atomic mass is 10.2. The zero-order chi connectivity index (χ0) is 22.2. The van der Waals surface area contributed by atoms with Crippen molar-refractivity contribution in [2.75, 3.05) is 37.6 Å². The minimum absolute atomic E-state index is 0.803. The Labute approximate surface area is 203 Å². The molecule has 2 aromatic heterocycles. The Morgan fingerprint density at radius 2 is 1.48 bits per heavy atom. The van der Waals surface area contributed by atoms with Gasteiger partial charge in [-0.3, -0.25) is 4.90 Å². The van der Waals surface area contributed by atoms with Gasteiger partial charge in [0.05, 0.1) is 10.2 Å². The van der Waals surface area contributed by atoms with Gasteiger partial charge in [0.1, 0.15) is 5.82 Å². The molecule has 0 atom stereocenters. The van der Waals surface area contributed by atoms with E-state index in [1.54, 1.807) is 11.5 Å². The van der Waals surface area contributed by atoms with E-state index in [0.29, 0.717) is 0 Å². The fourth-order valence-corrected chi connectivity index (χ4v) is 6.11. The summed E-state index contributed by atoms with van der Waals surface area (Å²) in [6, 6.07) is 23.5. The van der Waals surface area contributed by atoms with Crippen molar-refractivity contribution in [3.8, 4) is 0 Å². The number of hydrogen-bond acceptors (Lipinski definition) is 4. The molecule has 0 N–H and O–H groups in total. The van der Waals surface area contributed by atoms with E-state index in [1.165, 1.54) is 44.1 Å². The van der Waals surface area contributed by atoms with Gasteiger partial charge in [0.15, 0.2) is 0 Å². The third-order valence-corrected chi connectivity index (χ3v) is 7.92. The maximum Gasteiger partial charge on any atom is 0.150 e. The number of halogens is 1. The van der Waals surface area contributed by atoms with Crippen molar-refractivity contribution in [1.82, 2.24) is 13.8 Å². The quantitative estimate of drug-likeness (QED) is 0.257. The van der Waals surface area contributed by atoms with Crippen LogP contribution in [0.25, 0.3) is 31.9 Å². The standard InChI is InChI=1S/C27H27ClN4S/c28-20-11-12-22-21-7-1-3-9-24(21)32(25(22)19-20)14-6-5-13-30-15-17-31(18-16-30)27-23-8-2-4-10-26(23)33-29-27/h1-4,7-12,19H,5-6,13-18H2. The number of piperazine rings is 1. The van der Waals surface area contributed by atoms with Crippen molar-refractivity contribution >= 4 is 60.8 Å². The molecule has 6 rings (SSSR count). The van der Waals surface area contributed by atoms with E-state index in [2.05, 4.69) is 75.0 Å². The van der Waals surface area contributed by atoms with Gasteiger partial charge in [-0.25, -0.2) is 0 Å². The first-order valence-corrected chi connectivity index (χ1v) is 12.9. The van der Waals surface area contributed by atoms with Crippen LogP contribution in [0.15, 0.2) is 66.7 Å². The normalized spacial score (nSPS) is 15.2. The topological polar surface area (TPSA) is 24.3 Å². The fourth-order valence-electron chi connectivity index (χ4n) is 5.15. The van der Waals surface area contributed by atoms with Crippen molar-refractivity contribution in [1.29, 1.82) is 0 Å². The lowest BCUT2D eigenvalue weighted by Crippen LogP contribution is -2.46. The van der Waals surface area contributed by atoms with Crippen LogP contribution < -0.4 is 4.90 Å². The molecule has 168 valence electrons. The van der Waals surface area contributed by atoms with Crippen molar-refractivity contribution in [2.24, 2.45) is 0 Å². The van der Waals surface area contributed by atoms with Crippen molar-refractivity contribution in [2.45, 2.75) is 19.4 Å². The zero-order valence-electron chi connectivity index (χ0n) is 18.6. The molecule has 0 amide bonds. The third kappa shape index (κ3) is 3.99. The lowest BCUT2D eigenvalue weighted by molar-refractivity contribution is 0.251. The Hall–Kier alpha value is -2.60. The van der Waals surface area contributed by atoms with E-state index < -0.39 is 0 Å². The number of unbranched alkanes of at least 4 members (excludes halogenated alkanes) is 1. The molecule has 0 spiro atoms. The number of anilines is 1. The highest BCUT2D eigenvalue weighted by molar-refractivity contribution is 7.13.